The zero-order valence-corrected chi connectivity index (χ0v) is 15.5. The fourth-order valence-electron chi connectivity index (χ4n) is 2.89. The van der Waals surface area contributed by atoms with E-state index in [-0.39, 0.29) is 12.5 Å². The van der Waals surface area contributed by atoms with E-state index in [4.69, 9.17) is 9.47 Å². The maximum Gasteiger partial charge on any atom is 0.220 e. The Hall–Kier alpha value is -0.730. The summed E-state index contributed by atoms with van der Waals surface area (Å²) in [5.41, 5.74) is 0. The SMILES string of the molecule is CCCCCCCNC(=O)CCCOC1OC(CO)C(O)C(O)C1C. The molecule has 5 unspecified atom stereocenters. The van der Waals surface area contributed by atoms with E-state index >= 15 is 0 Å². The third-order valence-corrected chi connectivity index (χ3v) is 4.62. The van der Waals surface area contributed by atoms with Gasteiger partial charge >= 0.3 is 0 Å². The van der Waals surface area contributed by atoms with Crippen molar-refractivity contribution in [1.82, 2.24) is 5.32 Å². The second-order valence-electron chi connectivity index (χ2n) is 6.80. The van der Waals surface area contributed by atoms with Gasteiger partial charge in [-0.3, -0.25) is 4.79 Å². The van der Waals surface area contributed by atoms with Crippen molar-refractivity contribution in [2.75, 3.05) is 19.8 Å². The van der Waals surface area contributed by atoms with E-state index in [1.54, 1.807) is 6.92 Å². The van der Waals surface area contributed by atoms with Gasteiger partial charge in [0.25, 0.3) is 0 Å². The summed E-state index contributed by atoms with van der Waals surface area (Å²) in [6.45, 7) is 4.55. The van der Waals surface area contributed by atoms with Gasteiger partial charge in [0.15, 0.2) is 6.29 Å². The van der Waals surface area contributed by atoms with Crippen LogP contribution in [-0.4, -0.2) is 65.6 Å². The van der Waals surface area contributed by atoms with Crippen LogP contribution in [0, 0.1) is 5.92 Å². The molecule has 7 nitrogen and oxygen atoms in total. The summed E-state index contributed by atoms with van der Waals surface area (Å²) in [4.78, 5) is 11.7. The third kappa shape index (κ3) is 8.00. The summed E-state index contributed by atoms with van der Waals surface area (Å²) in [7, 11) is 0. The molecule has 25 heavy (non-hydrogen) atoms. The van der Waals surface area contributed by atoms with Crippen molar-refractivity contribution in [3.05, 3.63) is 0 Å². The maximum atomic E-state index is 11.7. The highest BCUT2D eigenvalue weighted by Crippen LogP contribution is 2.26. The summed E-state index contributed by atoms with van der Waals surface area (Å²) < 4.78 is 11.0. The maximum absolute atomic E-state index is 11.7. The predicted molar refractivity (Wildman–Crippen MR) is 93.9 cm³/mol. The summed E-state index contributed by atoms with van der Waals surface area (Å²) >= 11 is 0. The number of nitrogens with one attached hydrogen (secondary N) is 1. The average Bonchev–Trinajstić information content (AvgIpc) is 2.61. The lowest BCUT2D eigenvalue weighted by Gasteiger charge is -2.40. The van der Waals surface area contributed by atoms with E-state index in [1.807, 2.05) is 0 Å². The summed E-state index contributed by atoms with van der Waals surface area (Å²) in [6, 6.07) is 0. The molecule has 0 aromatic heterocycles. The van der Waals surface area contributed by atoms with Crippen molar-refractivity contribution in [3.63, 3.8) is 0 Å². The first-order valence-corrected chi connectivity index (χ1v) is 9.52. The first-order valence-electron chi connectivity index (χ1n) is 9.52. The highest BCUT2D eigenvalue weighted by atomic mass is 16.7. The van der Waals surface area contributed by atoms with E-state index in [0.717, 1.165) is 12.8 Å². The van der Waals surface area contributed by atoms with Crippen LogP contribution in [0.2, 0.25) is 0 Å². The van der Waals surface area contributed by atoms with Gasteiger partial charge in [0.1, 0.15) is 12.2 Å². The van der Waals surface area contributed by atoms with E-state index in [2.05, 4.69) is 12.2 Å². The Morgan fingerprint density at radius 3 is 2.52 bits per heavy atom. The average molecular weight is 361 g/mol. The molecule has 0 radical (unpaired) electrons. The molecule has 148 valence electrons. The first-order chi connectivity index (χ1) is 12.0. The van der Waals surface area contributed by atoms with Crippen LogP contribution >= 0.6 is 0 Å². The van der Waals surface area contributed by atoms with E-state index in [0.29, 0.717) is 26.0 Å². The molecule has 1 heterocycles. The van der Waals surface area contributed by atoms with Gasteiger partial charge < -0.3 is 30.1 Å². The van der Waals surface area contributed by atoms with Crippen molar-refractivity contribution < 1.29 is 29.6 Å². The number of rotatable bonds is 12. The number of aliphatic hydroxyl groups is 3. The van der Waals surface area contributed by atoms with Crippen LogP contribution < -0.4 is 5.32 Å². The zero-order chi connectivity index (χ0) is 18.7. The van der Waals surface area contributed by atoms with Gasteiger partial charge in [-0.05, 0) is 12.8 Å². The molecule has 5 atom stereocenters. The van der Waals surface area contributed by atoms with Crippen molar-refractivity contribution in [1.29, 1.82) is 0 Å². The van der Waals surface area contributed by atoms with Crippen LogP contribution in [-0.2, 0) is 14.3 Å². The predicted octanol–water partition coefficient (Wildman–Crippen LogP) is 0.945. The van der Waals surface area contributed by atoms with Crippen molar-refractivity contribution in [2.24, 2.45) is 5.92 Å². The molecule has 0 saturated carbocycles. The third-order valence-electron chi connectivity index (χ3n) is 4.62. The molecule has 0 aromatic carbocycles. The lowest BCUT2D eigenvalue weighted by Crippen LogP contribution is -2.55. The summed E-state index contributed by atoms with van der Waals surface area (Å²) in [6.07, 6.45) is 3.09. The lowest BCUT2D eigenvalue weighted by atomic mass is 9.92. The first kappa shape index (κ1) is 22.3. The summed E-state index contributed by atoms with van der Waals surface area (Å²) in [5.74, 6) is -0.393. The standard InChI is InChI=1S/C18H35NO6/c1-3-4-5-6-7-10-19-15(21)9-8-11-24-18-13(2)16(22)17(23)14(12-20)25-18/h13-14,16-18,20,22-23H,3-12H2,1-2H3,(H,19,21). The van der Waals surface area contributed by atoms with Gasteiger partial charge in [-0.25, -0.2) is 0 Å². The van der Waals surface area contributed by atoms with Crippen molar-refractivity contribution >= 4 is 5.91 Å². The number of unbranched alkanes of at least 4 members (excludes halogenated alkanes) is 4. The normalized spacial score (nSPS) is 29.6. The molecule has 4 N–H and O–H groups in total. The highest BCUT2D eigenvalue weighted by Gasteiger charge is 2.42. The van der Waals surface area contributed by atoms with Crippen molar-refractivity contribution in [2.45, 2.75) is 83.4 Å². The minimum absolute atomic E-state index is 0.0143. The molecule has 1 aliphatic heterocycles. The molecule has 0 aromatic rings. The van der Waals surface area contributed by atoms with Gasteiger partial charge in [-0.1, -0.05) is 39.5 Å². The minimum atomic E-state index is -1.12. The second kappa shape index (κ2) is 12.6. The van der Waals surface area contributed by atoms with Crippen LogP contribution in [0.5, 0.6) is 0 Å². The Morgan fingerprint density at radius 1 is 1.12 bits per heavy atom. The minimum Gasteiger partial charge on any atom is -0.394 e. The number of amides is 1. The molecule has 1 rings (SSSR count). The summed E-state index contributed by atoms with van der Waals surface area (Å²) in [5, 5.41) is 31.8. The van der Waals surface area contributed by atoms with Crippen LogP contribution in [0.4, 0.5) is 0 Å². The molecule has 0 bridgehead atoms. The second-order valence-corrected chi connectivity index (χ2v) is 6.80. The number of hydrogen-bond donors (Lipinski definition) is 4. The van der Waals surface area contributed by atoms with Gasteiger partial charge in [-0.2, -0.15) is 0 Å². The molecule has 0 aliphatic carbocycles. The van der Waals surface area contributed by atoms with Crippen molar-refractivity contribution in [3.8, 4) is 0 Å². The molecule has 0 spiro atoms. The van der Waals surface area contributed by atoms with Gasteiger partial charge in [0.2, 0.25) is 5.91 Å². The molecular weight excluding hydrogens is 326 g/mol. The smallest absolute Gasteiger partial charge is 0.220 e. The number of ether oxygens (including phenoxy) is 2. The fraction of sp³-hybridized carbons (Fsp3) is 0.944. The van der Waals surface area contributed by atoms with Gasteiger partial charge in [-0.15, -0.1) is 0 Å². The molecular formula is C18H35NO6. The number of hydrogen-bond acceptors (Lipinski definition) is 6. The zero-order valence-electron chi connectivity index (χ0n) is 15.5. The monoisotopic (exact) mass is 361 g/mol. The molecule has 7 heteroatoms. The topological polar surface area (TPSA) is 108 Å². The Labute approximate surface area is 150 Å². The molecule has 1 aliphatic rings. The molecule has 1 fully saturated rings. The number of carbonyl (C=O) groups is 1. The van der Waals surface area contributed by atoms with Gasteiger partial charge in [0.05, 0.1) is 19.3 Å². The van der Waals surface area contributed by atoms with Gasteiger partial charge in [0, 0.05) is 18.9 Å². The van der Waals surface area contributed by atoms with Crippen LogP contribution in [0.25, 0.3) is 0 Å². The Kier molecular flexibility index (Phi) is 11.2. The number of aliphatic hydroxyl groups excluding tert-OH is 3. The van der Waals surface area contributed by atoms with Crippen LogP contribution in [0.3, 0.4) is 0 Å². The fourth-order valence-corrected chi connectivity index (χ4v) is 2.89. The van der Waals surface area contributed by atoms with E-state index < -0.39 is 30.5 Å². The largest absolute Gasteiger partial charge is 0.394 e. The Morgan fingerprint density at radius 2 is 1.84 bits per heavy atom. The van der Waals surface area contributed by atoms with E-state index in [1.165, 1.54) is 19.3 Å². The molecule has 1 amide bonds. The molecule has 1 saturated heterocycles. The van der Waals surface area contributed by atoms with E-state index in [9.17, 15) is 20.1 Å². The quantitative estimate of drug-likeness (QED) is 0.385. The van der Waals surface area contributed by atoms with Crippen LogP contribution in [0.1, 0.15) is 58.8 Å². The Bertz CT molecular complexity index is 365. The van der Waals surface area contributed by atoms with Crippen LogP contribution in [0.15, 0.2) is 0 Å². The highest BCUT2D eigenvalue weighted by molar-refractivity contribution is 5.75. The Balaban J connectivity index is 2.12. The number of carbonyl (C=O) groups excluding carboxylic acids is 1. The lowest BCUT2D eigenvalue weighted by molar-refractivity contribution is -0.282.